The van der Waals surface area contributed by atoms with Crippen molar-refractivity contribution in [3.63, 3.8) is 0 Å². The second-order valence-corrected chi connectivity index (χ2v) is 9.58. The van der Waals surface area contributed by atoms with Crippen molar-refractivity contribution in [2.75, 3.05) is 20.2 Å². The van der Waals surface area contributed by atoms with Crippen molar-refractivity contribution in [3.8, 4) is 0 Å². The number of aryl methyl sites for hydroxylation is 1. The number of hydrogen-bond acceptors (Lipinski definition) is 5. The zero-order chi connectivity index (χ0) is 19.6. The maximum Gasteiger partial charge on any atom is 0.409 e. The molecule has 2 heterocycles. The lowest BCUT2D eigenvalue weighted by atomic mass is 9.72. The number of rotatable bonds is 2. The average molecular weight is 392 g/mol. The molecule has 3 rings (SSSR count). The highest BCUT2D eigenvalue weighted by Crippen LogP contribution is 2.40. The summed E-state index contributed by atoms with van der Waals surface area (Å²) in [4.78, 5) is 27.8. The number of amides is 2. The number of likely N-dealkylation sites (tertiary alicyclic amines) is 1. The van der Waals surface area contributed by atoms with Crippen LogP contribution >= 0.6 is 11.3 Å². The number of ether oxygens (including phenoxy) is 1. The summed E-state index contributed by atoms with van der Waals surface area (Å²) in [5.41, 5.74) is 5.24. The maximum absolute atomic E-state index is 12.5. The molecular weight excluding hydrogens is 362 g/mol. The first kappa shape index (κ1) is 19.9. The lowest BCUT2D eigenvalue weighted by Gasteiger charge is -2.33. The number of fused-ring (bicyclic) bond motifs is 1. The second-order valence-electron chi connectivity index (χ2n) is 8.44. The van der Waals surface area contributed by atoms with E-state index in [4.69, 9.17) is 4.74 Å². The van der Waals surface area contributed by atoms with E-state index in [1.807, 2.05) is 6.07 Å². The average Bonchev–Trinajstić information content (AvgIpc) is 3.08. The third-order valence-corrected chi connectivity index (χ3v) is 6.86. The molecule has 1 atom stereocenters. The van der Waals surface area contributed by atoms with E-state index in [1.54, 1.807) is 16.2 Å². The van der Waals surface area contributed by atoms with E-state index in [0.29, 0.717) is 37.3 Å². The van der Waals surface area contributed by atoms with Crippen LogP contribution in [0.2, 0.25) is 0 Å². The highest BCUT2D eigenvalue weighted by atomic mass is 32.1. The van der Waals surface area contributed by atoms with Gasteiger partial charge >= 0.3 is 6.09 Å². The summed E-state index contributed by atoms with van der Waals surface area (Å²) in [5.74, 6) is 0.528. The van der Waals surface area contributed by atoms with E-state index in [1.165, 1.54) is 24.0 Å². The number of hydrogen-bond donors (Lipinski definition) is 1. The van der Waals surface area contributed by atoms with Gasteiger partial charge in [0.15, 0.2) is 0 Å². The first-order valence-corrected chi connectivity index (χ1v) is 10.4. The molecule has 0 saturated carbocycles. The Kier molecular flexibility index (Phi) is 5.89. The molecule has 1 saturated heterocycles. The van der Waals surface area contributed by atoms with Crippen molar-refractivity contribution >= 4 is 29.0 Å². The number of methoxy groups -OCH3 is 1. The Bertz CT molecular complexity index is 738. The summed E-state index contributed by atoms with van der Waals surface area (Å²) in [7, 11) is 1.39. The van der Waals surface area contributed by atoms with E-state index in [-0.39, 0.29) is 12.0 Å². The van der Waals surface area contributed by atoms with Crippen molar-refractivity contribution in [2.24, 2.45) is 16.4 Å². The van der Waals surface area contributed by atoms with Crippen LogP contribution in [0.1, 0.15) is 60.1 Å². The van der Waals surface area contributed by atoms with Crippen molar-refractivity contribution in [3.05, 3.63) is 21.4 Å². The largest absolute Gasteiger partial charge is 0.453 e. The molecule has 1 fully saturated rings. The summed E-state index contributed by atoms with van der Waals surface area (Å²) in [6.07, 6.45) is 4.31. The van der Waals surface area contributed by atoms with Gasteiger partial charge in [0.05, 0.1) is 12.0 Å². The molecule has 1 aliphatic carbocycles. The fourth-order valence-corrected chi connectivity index (χ4v) is 4.85. The molecule has 1 N–H and O–H groups in total. The smallest absolute Gasteiger partial charge is 0.409 e. The Hall–Kier alpha value is -1.89. The van der Waals surface area contributed by atoms with Crippen molar-refractivity contribution < 1.29 is 14.3 Å². The SMILES string of the molecule is COC(=O)N1CCC(=NNC(=O)c2cc3c(s2)CCC(C(C)(C)C)C3)CC1. The lowest BCUT2D eigenvalue weighted by molar-refractivity contribution is 0.0957. The molecule has 7 heteroatoms. The van der Waals surface area contributed by atoms with Gasteiger partial charge in [-0.15, -0.1) is 11.3 Å². The fourth-order valence-electron chi connectivity index (χ4n) is 3.75. The number of nitrogens with zero attached hydrogens (tertiary/aromatic N) is 2. The van der Waals surface area contributed by atoms with Crippen LogP contribution in [-0.4, -0.2) is 42.8 Å². The van der Waals surface area contributed by atoms with Crippen LogP contribution in [0.5, 0.6) is 0 Å². The van der Waals surface area contributed by atoms with Gasteiger partial charge in [-0.25, -0.2) is 10.2 Å². The Morgan fingerprint density at radius 1 is 1.26 bits per heavy atom. The predicted molar refractivity (Wildman–Crippen MR) is 107 cm³/mol. The molecule has 27 heavy (non-hydrogen) atoms. The molecule has 6 nitrogen and oxygen atoms in total. The highest BCUT2D eigenvalue weighted by Gasteiger charge is 2.30. The van der Waals surface area contributed by atoms with Crippen molar-refractivity contribution in [1.82, 2.24) is 10.3 Å². The van der Waals surface area contributed by atoms with Crippen LogP contribution in [0.3, 0.4) is 0 Å². The fraction of sp³-hybridized carbons (Fsp3) is 0.650. The monoisotopic (exact) mass is 391 g/mol. The van der Waals surface area contributed by atoms with Gasteiger partial charge in [0.25, 0.3) is 5.91 Å². The first-order valence-electron chi connectivity index (χ1n) is 9.58. The zero-order valence-corrected chi connectivity index (χ0v) is 17.4. The number of carbonyl (C=O) groups excluding carboxylic acids is 2. The number of piperidine rings is 1. The first-order chi connectivity index (χ1) is 12.8. The highest BCUT2D eigenvalue weighted by molar-refractivity contribution is 7.14. The third-order valence-electron chi connectivity index (χ3n) is 5.62. The van der Waals surface area contributed by atoms with Gasteiger partial charge in [-0.05, 0) is 42.2 Å². The Balaban J connectivity index is 1.57. The van der Waals surface area contributed by atoms with E-state index in [9.17, 15) is 9.59 Å². The Labute approximate surface area is 165 Å². The van der Waals surface area contributed by atoms with Crippen LogP contribution < -0.4 is 5.43 Å². The van der Waals surface area contributed by atoms with Gasteiger partial charge < -0.3 is 9.64 Å². The molecule has 148 valence electrons. The standard InChI is InChI=1S/C20H29N3O3S/c1-20(2,3)14-5-6-16-13(11-14)12-17(27-16)18(24)22-21-15-7-9-23(10-8-15)19(25)26-4/h12,14H,5-11H2,1-4H3,(H,22,24). The molecule has 0 aromatic carbocycles. The molecule has 1 aromatic rings. The summed E-state index contributed by atoms with van der Waals surface area (Å²) >= 11 is 1.60. The van der Waals surface area contributed by atoms with Crippen molar-refractivity contribution in [2.45, 2.75) is 52.9 Å². The molecule has 0 spiro atoms. The van der Waals surface area contributed by atoms with Gasteiger partial charge in [0, 0.05) is 36.5 Å². The van der Waals surface area contributed by atoms with Crippen LogP contribution in [0.4, 0.5) is 4.79 Å². The Morgan fingerprint density at radius 2 is 1.96 bits per heavy atom. The quantitative estimate of drug-likeness (QED) is 0.779. The van der Waals surface area contributed by atoms with E-state index in [2.05, 4.69) is 31.3 Å². The van der Waals surface area contributed by atoms with Gasteiger partial charge in [-0.2, -0.15) is 5.10 Å². The molecule has 1 aromatic heterocycles. The van der Waals surface area contributed by atoms with E-state index in [0.717, 1.165) is 23.4 Å². The number of carbonyl (C=O) groups is 2. The van der Waals surface area contributed by atoms with Gasteiger partial charge in [-0.3, -0.25) is 4.79 Å². The van der Waals surface area contributed by atoms with Crippen LogP contribution in [-0.2, 0) is 17.6 Å². The summed E-state index contributed by atoms with van der Waals surface area (Å²) < 4.78 is 4.73. The minimum atomic E-state index is -0.309. The van der Waals surface area contributed by atoms with Crippen molar-refractivity contribution in [1.29, 1.82) is 0 Å². The molecule has 2 aliphatic rings. The van der Waals surface area contributed by atoms with E-state index >= 15 is 0 Å². The Morgan fingerprint density at radius 3 is 2.59 bits per heavy atom. The van der Waals surface area contributed by atoms with Crippen LogP contribution in [0.15, 0.2) is 11.2 Å². The van der Waals surface area contributed by atoms with Gasteiger partial charge in [0.2, 0.25) is 0 Å². The zero-order valence-electron chi connectivity index (χ0n) is 16.6. The number of hydrazone groups is 1. The minimum Gasteiger partial charge on any atom is -0.453 e. The molecule has 2 amide bonds. The van der Waals surface area contributed by atoms with Crippen LogP contribution in [0.25, 0.3) is 0 Å². The molecule has 1 unspecified atom stereocenters. The van der Waals surface area contributed by atoms with Gasteiger partial charge in [-0.1, -0.05) is 20.8 Å². The summed E-state index contributed by atoms with van der Waals surface area (Å²) in [5, 5.41) is 4.28. The molecular formula is C20H29N3O3S. The van der Waals surface area contributed by atoms with E-state index < -0.39 is 0 Å². The predicted octanol–water partition coefficient (Wildman–Crippen LogP) is 3.85. The number of thiophene rings is 1. The maximum atomic E-state index is 12.5. The third kappa shape index (κ3) is 4.69. The minimum absolute atomic E-state index is 0.135. The second kappa shape index (κ2) is 8.00. The topological polar surface area (TPSA) is 71.0 Å². The molecule has 1 aliphatic heterocycles. The summed E-state index contributed by atoms with van der Waals surface area (Å²) in [6.45, 7) is 8.03. The normalized spacial score (nSPS) is 20.1. The summed E-state index contributed by atoms with van der Waals surface area (Å²) in [6, 6.07) is 2.05. The molecule has 0 bridgehead atoms. The lowest BCUT2D eigenvalue weighted by Crippen LogP contribution is -2.39. The van der Waals surface area contributed by atoms with Crippen LogP contribution in [0, 0.1) is 11.3 Å². The van der Waals surface area contributed by atoms with Gasteiger partial charge in [0.1, 0.15) is 0 Å². The molecule has 0 radical (unpaired) electrons. The number of nitrogens with one attached hydrogen (secondary N) is 1.